The minimum atomic E-state index is 0.00396. The molecule has 0 spiro atoms. The minimum absolute atomic E-state index is 0.00396. The van der Waals surface area contributed by atoms with Gasteiger partial charge in [0.2, 0.25) is 5.91 Å². The molecule has 0 saturated carbocycles. The largest absolute Gasteiger partial charge is 0.423 e. The fourth-order valence-electron chi connectivity index (χ4n) is 2.88. The highest BCUT2D eigenvalue weighted by atomic mass is 16.4. The highest BCUT2D eigenvalue weighted by molar-refractivity contribution is 5.79. The van der Waals surface area contributed by atoms with Crippen molar-refractivity contribution in [2.24, 2.45) is 5.92 Å². The first-order chi connectivity index (χ1) is 10.7. The summed E-state index contributed by atoms with van der Waals surface area (Å²) in [7, 11) is 1.74. The van der Waals surface area contributed by atoms with Gasteiger partial charge in [-0.05, 0) is 25.0 Å². The Morgan fingerprint density at radius 1 is 1.41 bits per heavy atom. The second kappa shape index (κ2) is 6.36. The van der Waals surface area contributed by atoms with Gasteiger partial charge < -0.3 is 19.3 Å². The van der Waals surface area contributed by atoms with Crippen LogP contribution in [-0.2, 0) is 4.79 Å². The summed E-state index contributed by atoms with van der Waals surface area (Å²) in [5.41, 5.74) is 1.65. The Morgan fingerprint density at radius 3 is 2.82 bits per heavy atom. The Balaban J connectivity index is 1.63. The summed E-state index contributed by atoms with van der Waals surface area (Å²) in [6.45, 7) is 1.92. The Morgan fingerprint density at radius 2 is 2.14 bits per heavy atom. The van der Waals surface area contributed by atoms with Crippen LogP contribution in [0.3, 0.4) is 0 Å². The van der Waals surface area contributed by atoms with Crippen molar-refractivity contribution in [3.05, 3.63) is 24.3 Å². The average Bonchev–Trinajstić information content (AvgIpc) is 2.98. The summed E-state index contributed by atoms with van der Waals surface area (Å²) >= 11 is 0. The maximum absolute atomic E-state index is 12.2. The number of hydrogen-bond donors (Lipinski definition) is 1. The number of rotatable bonds is 4. The van der Waals surface area contributed by atoms with E-state index in [9.17, 15) is 4.79 Å². The van der Waals surface area contributed by atoms with E-state index < -0.39 is 0 Å². The van der Waals surface area contributed by atoms with Gasteiger partial charge in [0.25, 0.3) is 6.01 Å². The molecule has 0 radical (unpaired) electrons. The highest BCUT2D eigenvalue weighted by Gasteiger charge is 2.28. The number of benzene rings is 1. The number of piperidine rings is 1. The van der Waals surface area contributed by atoms with Gasteiger partial charge in [0, 0.05) is 32.6 Å². The smallest absolute Gasteiger partial charge is 0.298 e. The number of amides is 1. The van der Waals surface area contributed by atoms with Gasteiger partial charge in [0.15, 0.2) is 5.58 Å². The van der Waals surface area contributed by atoms with Gasteiger partial charge in [-0.15, -0.1) is 0 Å². The second-order valence-electron chi connectivity index (χ2n) is 5.71. The van der Waals surface area contributed by atoms with Crippen LogP contribution >= 0.6 is 0 Å². The van der Waals surface area contributed by atoms with Gasteiger partial charge in [-0.3, -0.25) is 4.79 Å². The highest BCUT2D eigenvalue weighted by Crippen LogP contribution is 2.26. The van der Waals surface area contributed by atoms with Crippen molar-refractivity contribution in [2.45, 2.75) is 12.8 Å². The molecule has 0 bridgehead atoms. The molecule has 2 heterocycles. The number of para-hydroxylation sites is 2. The number of aliphatic hydroxyl groups excluding tert-OH is 1. The number of aromatic nitrogens is 1. The second-order valence-corrected chi connectivity index (χ2v) is 5.71. The van der Waals surface area contributed by atoms with Crippen molar-refractivity contribution in [3.63, 3.8) is 0 Å². The lowest BCUT2D eigenvalue weighted by atomic mass is 9.95. The molecule has 118 valence electrons. The summed E-state index contributed by atoms with van der Waals surface area (Å²) in [4.78, 5) is 20.4. The summed E-state index contributed by atoms with van der Waals surface area (Å²) in [5.74, 6) is 0.142. The molecule has 0 unspecified atom stereocenters. The fraction of sp³-hybridized carbons (Fsp3) is 0.500. The molecule has 1 aromatic carbocycles. The van der Waals surface area contributed by atoms with Crippen LogP contribution in [0, 0.1) is 5.92 Å². The molecule has 6 nitrogen and oxygen atoms in total. The van der Waals surface area contributed by atoms with Crippen molar-refractivity contribution in [2.75, 3.05) is 38.2 Å². The van der Waals surface area contributed by atoms with Crippen molar-refractivity contribution in [1.82, 2.24) is 9.88 Å². The maximum atomic E-state index is 12.2. The molecule has 1 saturated heterocycles. The van der Waals surface area contributed by atoms with E-state index in [1.807, 2.05) is 24.3 Å². The zero-order chi connectivity index (χ0) is 15.5. The van der Waals surface area contributed by atoms with E-state index in [1.165, 1.54) is 0 Å². The molecule has 22 heavy (non-hydrogen) atoms. The van der Waals surface area contributed by atoms with Gasteiger partial charge in [0.05, 0.1) is 6.61 Å². The summed E-state index contributed by atoms with van der Waals surface area (Å²) in [6, 6.07) is 8.35. The molecular weight excluding hydrogens is 282 g/mol. The van der Waals surface area contributed by atoms with Crippen molar-refractivity contribution in [1.29, 1.82) is 0 Å². The monoisotopic (exact) mass is 303 g/mol. The standard InChI is InChI=1S/C16H21N3O3/c1-18(10-11-20)15(21)12-6-8-19(9-7-12)16-17-13-4-2-3-5-14(13)22-16/h2-5,12,20H,6-11H2,1H3. The number of fused-ring (bicyclic) bond motifs is 1. The van der Waals surface area contributed by atoms with Crippen LogP contribution in [0.15, 0.2) is 28.7 Å². The molecule has 1 aliphatic heterocycles. The summed E-state index contributed by atoms with van der Waals surface area (Å²) in [6.07, 6.45) is 1.57. The lowest BCUT2D eigenvalue weighted by Crippen LogP contribution is -2.42. The normalized spacial score (nSPS) is 16.2. The van der Waals surface area contributed by atoms with E-state index in [0.717, 1.165) is 37.0 Å². The van der Waals surface area contributed by atoms with Crippen LogP contribution in [0.25, 0.3) is 11.1 Å². The molecular formula is C16H21N3O3. The number of likely N-dealkylation sites (N-methyl/N-ethyl adjacent to an activating group) is 1. The number of carbonyl (C=O) groups excluding carboxylic acids is 1. The molecule has 6 heteroatoms. The van der Waals surface area contributed by atoms with Crippen LogP contribution in [0.5, 0.6) is 0 Å². The first-order valence-corrected chi connectivity index (χ1v) is 7.65. The summed E-state index contributed by atoms with van der Waals surface area (Å²) in [5, 5.41) is 8.92. The number of carbonyl (C=O) groups is 1. The predicted molar refractivity (Wildman–Crippen MR) is 83.7 cm³/mol. The molecule has 1 aliphatic rings. The van der Waals surface area contributed by atoms with Gasteiger partial charge >= 0.3 is 0 Å². The zero-order valence-electron chi connectivity index (χ0n) is 12.7. The van der Waals surface area contributed by atoms with Crippen LogP contribution in [-0.4, -0.2) is 54.2 Å². The number of aliphatic hydroxyl groups is 1. The van der Waals surface area contributed by atoms with E-state index in [2.05, 4.69) is 9.88 Å². The number of oxazole rings is 1. The lowest BCUT2D eigenvalue weighted by molar-refractivity contribution is -0.135. The Labute approximate surface area is 129 Å². The Hall–Kier alpha value is -2.08. The van der Waals surface area contributed by atoms with Crippen molar-refractivity contribution >= 4 is 23.0 Å². The molecule has 2 aromatic rings. The third-order valence-corrected chi connectivity index (χ3v) is 4.21. The van der Waals surface area contributed by atoms with Gasteiger partial charge in [-0.1, -0.05) is 12.1 Å². The number of anilines is 1. The van der Waals surface area contributed by atoms with E-state index in [0.29, 0.717) is 12.6 Å². The Bertz CT molecular complexity index is 614. The Kier molecular flexibility index (Phi) is 4.29. The van der Waals surface area contributed by atoms with Crippen LogP contribution < -0.4 is 4.90 Å². The topological polar surface area (TPSA) is 69.8 Å². The van der Waals surface area contributed by atoms with E-state index in [4.69, 9.17) is 9.52 Å². The van der Waals surface area contributed by atoms with Crippen LogP contribution in [0.4, 0.5) is 6.01 Å². The summed E-state index contributed by atoms with van der Waals surface area (Å²) < 4.78 is 5.78. The molecule has 1 aromatic heterocycles. The number of hydrogen-bond acceptors (Lipinski definition) is 5. The number of nitrogens with zero attached hydrogens (tertiary/aromatic N) is 3. The van der Waals surface area contributed by atoms with E-state index in [-0.39, 0.29) is 18.4 Å². The first-order valence-electron chi connectivity index (χ1n) is 7.65. The van der Waals surface area contributed by atoms with Crippen molar-refractivity contribution < 1.29 is 14.3 Å². The van der Waals surface area contributed by atoms with Crippen LogP contribution in [0.2, 0.25) is 0 Å². The zero-order valence-corrected chi connectivity index (χ0v) is 12.7. The quantitative estimate of drug-likeness (QED) is 0.927. The lowest BCUT2D eigenvalue weighted by Gasteiger charge is -2.32. The fourth-order valence-corrected chi connectivity index (χ4v) is 2.88. The first kappa shape index (κ1) is 14.8. The third-order valence-electron chi connectivity index (χ3n) is 4.21. The molecule has 1 fully saturated rings. The maximum Gasteiger partial charge on any atom is 0.298 e. The molecule has 0 atom stereocenters. The molecule has 0 aliphatic carbocycles. The van der Waals surface area contributed by atoms with Crippen LogP contribution in [0.1, 0.15) is 12.8 Å². The van der Waals surface area contributed by atoms with Crippen molar-refractivity contribution in [3.8, 4) is 0 Å². The SMILES string of the molecule is CN(CCO)C(=O)C1CCN(c2nc3ccccc3o2)CC1. The molecule has 1 N–H and O–H groups in total. The van der Waals surface area contributed by atoms with Gasteiger partial charge in [-0.2, -0.15) is 4.98 Å². The molecule has 1 amide bonds. The van der Waals surface area contributed by atoms with E-state index in [1.54, 1.807) is 11.9 Å². The van der Waals surface area contributed by atoms with E-state index >= 15 is 0 Å². The predicted octanol–water partition coefficient (Wildman–Crippen LogP) is 1.49. The average molecular weight is 303 g/mol. The minimum Gasteiger partial charge on any atom is -0.423 e. The van der Waals surface area contributed by atoms with Gasteiger partial charge in [0.1, 0.15) is 5.52 Å². The van der Waals surface area contributed by atoms with Gasteiger partial charge in [-0.25, -0.2) is 0 Å². The molecule has 3 rings (SSSR count). The third kappa shape index (κ3) is 2.92.